The van der Waals surface area contributed by atoms with Gasteiger partial charge in [-0.3, -0.25) is 0 Å². The van der Waals surface area contributed by atoms with Crippen molar-refractivity contribution in [1.82, 2.24) is 0 Å². The summed E-state index contributed by atoms with van der Waals surface area (Å²) in [7, 11) is 0. The minimum absolute atomic E-state index is 0.290. The molecule has 0 amide bonds. The molecule has 2 rings (SSSR count). The maximum Gasteiger partial charge on any atom is 0.128 e. The summed E-state index contributed by atoms with van der Waals surface area (Å²) in [5, 5.41) is 0. The van der Waals surface area contributed by atoms with E-state index >= 15 is 0 Å². The fourth-order valence-corrected chi connectivity index (χ4v) is 3.61. The predicted molar refractivity (Wildman–Crippen MR) is 84.0 cm³/mol. The van der Waals surface area contributed by atoms with E-state index in [1.54, 1.807) is 0 Å². The van der Waals surface area contributed by atoms with Crippen LogP contribution < -0.4 is 0 Å². The summed E-state index contributed by atoms with van der Waals surface area (Å²) in [6, 6.07) is 9.22. The van der Waals surface area contributed by atoms with Crippen LogP contribution in [0.2, 0.25) is 0 Å². The highest BCUT2D eigenvalue weighted by Gasteiger charge is 2.18. The van der Waals surface area contributed by atoms with Gasteiger partial charge in [0.25, 0.3) is 0 Å². The van der Waals surface area contributed by atoms with Crippen LogP contribution in [0.15, 0.2) is 40.9 Å². The summed E-state index contributed by atoms with van der Waals surface area (Å²) in [4.78, 5) is -0.391. The molecule has 0 fully saturated rings. The van der Waals surface area contributed by atoms with E-state index < -0.39 is 16.5 Å². The second kappa shape index (κ2) is 5.96. The molecule has 0 aliphatic rings. The number of hydrogen-bond donors (Lipinski definition) is 0. The van der Waals surface area contributed by atoms with E-state index in [9.17, 15) is 8.78 Å². The van der Waals surface area contributed by atoms with Crippen molar-refractivity contribution in [3.05, 3.63) is 67.2 Å². The zero-order chi connectivity index (χ0) is 13.3. The molecule has 2 aromatic carbocycles. The highest BCUT2D eigenvalue weighted by atomic mass is 127. The third-order valence-electron chi connectivity index (χ3n) is 2.46. The predicted octanol–water partition coefficient (Wildman–Crippen LogP) is 5.82. The normalized spacial score (nSPS) is 12.5. The van der Waals surface area contributed by atoms with Crippen molar-refractivity contribution in [2.75, 3.05) is 0 Å². The number of benzene rings is 2. The van der Waals surface area contributed by atoms with Crippen molar-refractivity contribution in [3.63, 3.8) is 0 Å². The number of alkyl halides is 1. The molecule has 0 nitrogen and oxygen atoms in total. The van der Waals surface area contributed by atoms with Crippen molar-refractivity contribution in [2.45, 2.75) is 4.83 Å². The first kappa shape index (κ1) is 14.4. The molecule has 0 aromatic heterocycles. The third kappa shape index (κ3) is 3.11. The molecule has 5 heteroatoms. The summed E-state index contributed by atoms with van der Waals surface area (Å²) < 4.78 is 28.8. The smallest absolute Gasteiger partial charge is 0.128 e. The zero-order valence-electron chi connectivity index (χ0n) is 8.93. The topological polar surface area (TPSA) is 0 Å². The lowest BCUT2D eigenvalue weighted by molar-refractivity contribution is 0.588. The van der Waals surface area contributed by atoms with Crippen molar-refractivity contribution in [2.24, 2.45) is 0 Å². The zero-order valence-corrected chi connectivity index (χ0v) is 14.3. The maximum absolute atomic E-state index is 13.7. The van der Waals surface area contributed by atoms with Gasteiger partial charge in [-0.25, -0.2) is 8.78 Å². The fourth-order valence-electron chi connectivity index (χ4n) is 1.59. The van der Waals surface area contributed by atoms with E-state index in [-0.39, 0.29) is 5.56 Å². The Morgan fingerprint density at radius 1 is 1.00 bits per heavy atom. The van der Waals surface area contributed by atoms with Gasteiger partial charge >= 0.3 is 0 Å². The molecule has 0 heterocycles. The molecule has 0 saturated heterocycles. The molecular weight excluding hydrogens is 481 g/mol. The van der Waals surface area contributed by atoms with Crippen LogP contribution >= 0.6 is 54.5 Å². The second-order valence-corrected chi connectivity index (χ2v) is 6.71. The first-order chi connectivity index (χ1) is 8.49. The van der Waals surface area contributed by atoms with Crippen LogP contribution in [-0.4, -0.2) is 0 Å². The lowest BCUT2D eigenvalue weighted by atomic mass is 10.0. The summed E-state index contributed by atoms with van der Waals surface area (Å²) in [5.74, 6) is -0.873. The number of halogens is 5. The molecule has 0 saturated carbocycles. The minimum atomic E-state index is -0.447. The Hall–Kier alpha value is -0.0100. The van der Waals surface area contributed by atoms with E-state index in [4.69, 9.17) is 0 Å². The van der Waals surface area contributed by atoms with Gasteiger partial charge < -0.3 is 0 Å². The molecule has 1 unspecified atom stereocenters. The third-order valence-corrected chi connectivity index (χ3v) is 4.84. The Kier molecular flexibility index (Phi) is 4.77. The van der Waals surface area contributed by atoms with E-state index in [2.05, 4.69) is 54.5 Å². The molecule has 0 bridgehead atoms. The number of rotatable bonds is 2. The van der Waals surface area contributed by atoms with Gasteiger partial charge in [0.2, 0.25) is 0 Å². The van der Waals surface area contributed by atoms with Crippen LogP contribution in [-0.2, 0) is 0 Å². The Labute approximate surface area is 134 Å². The molecule has 1 atom stereocenters. The monoisotopic (exact) mass is 486 g/mol. The molecule has 18 heavy (non-hydrogen) atoms. The SMILES string of the molecule is Fc1ccc(F)c(C(Br)c2cc(I)ccc2Br)c1. The van der Waals surface area contributed by atoms with Gasteiger partial charge in [0.1, 0.15) is 11.6 Å². The van der Waals surface area contributed by atoms with Crippen LogP contribution in [0.1, 0.15) is 16.0 Å². The van der Waals surface area contributed by atoms with Crippen molar-refractivity contribution >= 4 is 54.5 Å². The second-order valence-electron chi connectivity index (χ2n) is 3.69. The molecule has 0 radical (unpaired) electrons. The average molecular weight is 488 g/mol. The van der Waals surface area contributed by atoms with Gasteiger partial charge in [-0.15, -0.1) is 0 Å². The van der Waals surface area contributed by atoms with E-state index in [0.717, 1.165) is 25.7 Å². The van der Waals surface area contributed by atoms with Gasteiger partial charge in [-0.2, -0.15) is 0 Å². The molecule has 0 aliphatic heterocycles. The standard InChI is InChI=1S/C13H7Br2F2I/c14-11-3-2-8(18)6-9(11)13(15)10-5-7(16)1-4-12(10)17/h1-6,13H. The molecule has 2 aromatic rings. The highest BCUT2D eigenvalue weighted by Crippen LogP contribution is 2.37. The van der Waals surface area contributed by atoms with Gasteiger partial charge in [-0.05, 0) is 64.6 Å². The average Bonchev–Trinajstić information content (AvgIpc) is 2.34. The van der Waals surface area contributed by atoms with Gasteiger partial charge in [0.15, 0.2) is 0 Å². The molecule has 0 N–H and O–H groups in total. The lowest BCUT2D eigenvalue weighted by Gasteiger charge is -2.14. The highest BCUT2D eigenvalue weighted by molar-refractivity contribution is 14.1. The summed E-state index contributed by atoms with van der Waals surface area (Å²) in [6.45, 7) is 0. The van der Waals surface area contributed by atoms with Crippen molar-refractivity contribution in [1.29, 1.82) is 0 Å². The van der Waals surface area contributed by atoms with Gasteiger partial charge in [-0.1, -0.05) is 31.9 Å². The van der Waals surface area contributed by atoms with Crippen molar-refractivity contribution < 1.29 is 8.78 Å². The summed E-state index contributed by atoms with van der Waals surface area (Å²) >= 11 is 9.03. The number of hydrogen-bond acceptors (Lipinski definition) is 0. The van der Waals surface area contributed by atoms with Gasteiger partial charge in [0, 0.05) is 13.6 Å². The Balaban J connectivity index is 2.50. The van der Waals surface area contributed by atoms with Crippen LogP contribution in [0.4, 0.5) is 8.78 Å². The van der Waals surface area contributed by atoms with E-state index in [1.807, 2.05) is 18.2 Å². The van der Waals surface area contributed by atoms with Gasteiger partial charge in [0.05, 0.1) is 4.83 Å². The Morgan fingerprint density at radius 2 is 1.72 bits per heavy atom. The first-order valence-electron chi connectivity index (χ1n) is 5.03. The van der Waals surface area contributed by atoms with Crippen LogP contribution in [0, 0.1) is 15.2 Å². The van der Waals surface area contributed by atoms with Crippen LogP contribution in [0.5, 0.6) is 0 Å². The quantitative estimate of drug-likeness (QED) is 0.370. The Bertz CT molecular complexity index is 536. The van der Waals surface area contributed by atoms with Crippen LogP contribution in [0.3, 0.4) is 0 Å². The largest absolute Gasteiger partial charge is 0.207 e. The fraction of sp³-hybridized carbons (Fsp3) is 0.0769. The Morgan fingerprint density at radius 3 is 2.44 bits per heavy atom. The van der Waals surface area contributed by atoms with Crippen molar-refractivity contribution in [3.8, 4) is 0 Å². The first-order valence-corrected chi connectivity index (χ1v) is 7.81. The summed E-state index contributed by atoms with van der Waals surface area (Å²) in [5.41, 5.74) is 1.16. The molecule has 0 aliphatic carbocycles. The minimum Gasteiger partial charge on any atom is -0.207 e. The lowest BCUT2D eigenvalue weighted by Crippen LogP contribution is -1.99. The van der Waals surface area contributed by atoms with Crippen LogP contribution in [0.25, 0.3) is 0 Å². The molecular formula is C13H7Br2F2I. The summed E-state index contributed by atoms with van der Waals surface area (Å²) in [6.07, 6.45) is 0. The maximum atomic E-state index is 13.7. The van der Waals surface area contributed by atoms with E-state index in [0.29, 0.717) is 0 Å². The molecule has 94 valence electrons. The molecule has 0 spiro atoms. The van der Waals surface area contributed by atoms with E-state index in [1.165, 1.54) is 6.07 Å².